The van der Waals surface area contributed by atoms with E-state index in [1.165, 1.54) is 0 Å². The summed E-state index contributed by atoms with van der Waals surface area (Å²) in [5.41, 5.74) is 4.42. The molecule has 1 atom stereocenters. The second-order valence-corrected chi connectivity index (χ2v) is 7.79. The van der Waals surface area contributed by atoms with Gasteiger partial charge in [-0.25, -0.2) is 4.79 Å². The number of hydrogen-bond acceptors (Lipinski definition) is 9. The lowest BCUT2D eigenvalue weighted by Crippen LogP contribution is -2.60. The predicted molar refractivity (Wildman–Crippen MR) is 111 cm³/mol. The van der Waals surface area contributed by atoms with Crippen molar-refractivity contribution in [1.29, 1.82) is 0 Å². The number of aliphatic hydroxyl groups excluding tert-OH is 5. The minimum Gasteiger partial charge on any atom is -0.396 e. The molecule has 0 aromatic carbocycles. The van der Waals surface area contributed by atoms with Crippen molar-refractivity contribution in [3.8, 4) is 0 Å². The van der Waals surface area contributed by atoms with Crippen LogP contribution in [0.4, 0.5) is 4.79 Å². The molecule has 30 heavy (non-hydrogen) atoms. The Balaban J connectivity index is 4.77. The van der Waals surface area contributed by atoms with Gasteiger partial charge in [0.05, 0.1) is 59.5 Å². The van der Waals surface area contributed by atoms with E-state index in [2.05, 4.69) is 10.6 Å². The third kappa shape index (κ3) is 13.3. The highest BCUT2D eigenvalue weighted by Gasteiger charge is 2.33. The standard InChI is InChI=1S/C19H41N3O8/c1-15(20)4-2-3-5-21-18(28)22-19(12-27,13-29-10-16(6-23)7-24)14-30-11-17(8-25)9-26/h15-17,23-27H,2-14,20H2,1H3,(H2,21,22,28)/t15-/m0/s1. The first kappa shape index (κ1) is 28.9. The van der Waals surface area contributed by atoms with Gasteiger partial charge in [0.1, 0.15) is 5.54 Å². The van der Waals surface area contributed by atoms with Crippen molar-refractivity contribution < 1.29 is 39.8 Å². The Bertz CT molecular complexity index is 403. The Morgan fingerprint density at radius 2 is 1.43 bits per heavy atom. The van der Waals surface area contributed by atoms with Crippen LogP contribution in [0.3, 0.4) is 0 Å². The molecule has 0 radical (unpaired) electrons. The number of nitrogens with one attached hydrogen (secondary N) is 2. The zero-order valence-corrected chi connectivity index (χ0v) is 18.0. The van der Waals surface area contributed by atoms with Crippen LogP contribution in [0.5, 0.6) is 0 Å². The first-order chi connectivity index (χ1) is 14.4. The van der Waals surface area contributed by atoms with Gasteiger partial charge in [-0.3, -0.25) is 0 Å². The van der Waals surface area contributed by atoms with Crippen molar-refractivity contribution in [3.63, 3.8) is 0 Å². The molecule has 11 heteroatoms. The third-order valence-electron chi connectivity index (χ3n) is 4.55. The van der Waals surface area contributed by atoms with Gasteiger partial charge in [-0.2, -0.15) is 0 Å². The van der Waals surface area contributed by atoms with Crippen LogP contribution in [0, 0.1) is 11.8 Å². The number of nitrogens with two attached hydrogens (primary N) is 1. The summed E-state index contributed by atoms with van der Waals surface area (Å²) in [4.78, 5) is 12.3. The molecule has 0 saturated heterocycles. The van der Waals surface area contributed by atoms with Crippen molar-refractivity contribution in [3.05, 3.63) is 0 Å². The van der Waals surface area contributed by atoms with E-state index in [0.717, 1.165) is 19.3 Å². The van der Waals surface area contributed by atoms with Gasteiger partial charge in [-0.05, 0) is 19.8 Å². The molecule has 2 amide bonds. The number of carbonyl (C=O) groups excluding carboxylic acids is 1. The molecule has 0 aliphatic carbocycles. The van der Waals surface area contributed by atoms with Gasteiger partial charge in [0, 0.05) is 24.4 Å². The molecule has 0 aromatic heterocycles. The SMILES string of the molecule is C[C@H](N)CCCCNC(=O)NC(CO)(COCC(CO)CO)COCC(CO)CO. The molecule has 9 N–H and O–H groups in total. The second kappa shape index (κ2) is 17.6. The summed E-state index contributed by atoms with van der Waals surface area (Å²) in [6.45, 7) is 0.649. The van der Waals surface area contributed by atoms with Gasteiger partial charge in [-0.15, -0.1) is 0 Å². The summed E-state index contributed by atoms with van der Waals surface area (Å²) < 4.78 is 11.0. The Kier molecular flexibility index (Phi) is 17.0. The quantitative estimate of drug-likeness (QED) is 0.103. The molecular weight excluding hydrogens is 398 g/mol. The molecule has 0 rings (SSSR count). The molecule has 0 aromatic rings. The predicted octanol–water partition coefficient (Wildman–Crippen LogP) is -2.23. The molecule has 0 fully saturated rings. The summed E-state index contributed by atoms with van der Waals surface area (Å²) in [7, 11) is 0. The van der Waals surface area contributed by atoms with Gasteiger partial charge < -0.3 is 51.4 Å². The molecule has 0 spiro atoms. The van der Waals surface area contributed by atoms with Gasteiger partial charge in [0.2, 0.25) is 0 Å². The Morgan fingerprint density at radius 1 is 0.933 bits per heavy atom. The average molecular weight is 440 g/mol. The summed E-state index contributed by atoms with van der Waals surface area (Å²) >= 11 is 0. The largest absolute Gasteiger partial charge is 0.396 e. The lowest BCUT2D eigenvalue weighted by Gasteiger charge is -2.33. The molecule has 0 bridgehead atoms. The fourth-order valence-electron chi connectivity index (χ4n) is 2.49. The first-order valence-corrected chi connectivity index (χ1v) is 10.4. The van der Waals surface area contributed by atoms with E-state index in [1.54, 1.807) is 0 Å². The lowest BCUT2D eigenvalue weighted by atomic mass is 10.0. The molecule has 0 unspecified atom stereocenters. The lowest BCUT2D eigenvalue weighted by molar-refractivity contribution is -0.0437. The average Bonchev–Trinajstić information content (AvgIpc) is 2.73. The fourth-order valence-corrected chi connectivity index (χ4v) is 2.49. The van der Waals surface area contributed by atoms with Crippen molar-refractivity contribution in [2.45, 2.75) is 37.8 Å². The molecular formula is C19H41N3O8. The number of urea groups is 1. The van der Waals surface area contributed by atoms with E-state index in [9.17, 15) is 9.90 Å². The molecule has 0 saturated carbocycles. The van der Waals surface area contributed by atoms with Crippen LogP contribution < -0.4 is 16.4 Å². The minimum atomic E-state index is -1.28. The monoisotopic (exact) mass is 439 g/mol. The highest BCUT2D eigenvalue weighted by atomic mass is 16.5. The summed E-state index contributed by atoms with van der Waals surface area (Å²) in [6, 6.07) is -0.391. The Labute approximate surface area is 178 Å². The number of rotatable bonds is 19. The first-order valence-electron chi connectivity index (χ1n) is 10.4. The second-order valence-electron chi connectivity index (χ2n) is 7.79. The number of ether oxygens (including phenoxy) is 2. The van der Waals surface area contributed by atoms with Gasteiger partial charge >= 0.3 is 6.03 Å². The van der Waals surface area contributed by atoms with Crippen molar-refractivity contribution in [2.24, 2.45) is 17.6 Å². The maximum atomic E-state index is 12.3. The van der Waals surface area contributed by atoms with E-state index < -0.39 is 30.0 Å². The van der Waals surface area contributed by atoms with Crippen LogP contribution >= 0.6 is 0 Å². The van der Waals surface area contributed by atoms with Gasteiger partial charge in [0.25, 0.3) is 0 Å². The molecule has 11 nitrogen and oxygen atoms in total. The van der Waals surface area contributed by atoms with Gasteiger partial charge in [-0.1, -0.05) is 6.42 Å². The van der Waals surface area contributed by atoms with E-state index in [-0.39, 0.29) is 58.9 Å². The van der Waals surface area contributed by atoms with E-state index in [4.69, 9.17) is 35.6 Å². The smallest absolute Gasteiger partial charge is 0.315 e. The molecule has 0 aliphatic heterocycles. The summed E-state index contributed by atoms with van der Waals surface area (Å²) in [5.74, 6) is -0.955. The van der Waals surface area contributed by atoms with Gasteiger partial charge in [0.15, 0.2) is 0 Å². The number of hydrogen-bond donors (Lipinski definition) is 8. The number of unbranched alkanes of at least 4 members (excludes halogenated alkanes) is 1. The highest BCUT2D eigenvalue weighted by Crippen LogP contribution is 2.10. The maximum Gasteiger partial charge on any atom is 0.315 e. The van der Waals surface area contributed by atoms with Crippen LogP contribution in [0.1, 0.15) is 26.2 Å². The van der Waals surface area contributed by atoms with E-state index >= 15 is 0 Å². The van der Waals surface area contributed by atoms with Crippen LogP contribution in [0.25, 0.3) is 0 Å². The summed E-state index contributed by atoms with van der Waals surface area (Å²) in [5, 5.41) is 51.9. The number of aliphatic hydroxyl groups is 5. The summed E-state index contributed by atoms with van der Waals surface area (Å²) in [6.07, 6.45) is 2.50. The number of amides is 2. The highest BCUT2D eigenvalue weighted by molar-refractivity contribution is 5.74. The van der Waals surface area contributed by atoms with Crippen LogP contribution in [0.15, 0.2) is 0 Å². The van der Waals surface area contributed by atoms with Crippen LogP contribution in [-0.2, 0) is 9.47 Å². The number of carbonyl (C=O) groups is 1. The molecule has 180 valence electrons. The van der Waals surface area contributed by atoms with Crippen molar-refractivity contribution in [2.75, 3.05) is 66.0 Å². The topological polar surface area (TPSA) is 187 Å². The molecule has 0 aliphatic rings. The van der Waals surface area contributed by atoms with E-state index in [0.29, 0.717) is 6.54 Å². The Hall–Kier alpha value is -1.05. The minimum absolute atomic E-state index is 0.0330. The zero-order valence-electron chi connectivity index (χ0n) is 18.0. The Morgan fingerprint density at radius 3 is 1.83 bits per heavy atom. The fraction of sp³-hybridized carbons (Fsp3) is 0.947. The van der Waals surface area contributed by atoms with Crippen LogP contribution in [0.2, 0.25) is 0 Å². The molecule has 0 heterocycles. The normalized spacial score (nSPS) is 13.1. The maximum absolute atomic E-state index is 12.3. The zero-order chi connectivity index (χ0) is 22.8. The van der Waals surface area contributed by atoms with E-state index in [1.807, 2.05) is 6.92 Å². The van der Waals surface area contributed by atoms with Crippen LogP contribution in [-0.4, -0.2) is 109 Å². The van der Waals surface area contributed by atoms with Crippen molar-refractivity contribution in [1.82, 2.24) is 10.6 Å². The van der Waals surface area contributed by atoms with Crippen molar-refractivity contribution >= 4 is 6.03 Å². The third-order valence-corrected chi connectivity index (χ3v) is 4.55.